The highest BCUT2D eigenvalue weighted by molar-refractivity contribution is 9.10. The molecule has 0 spiro atoms. The Morgan fingerprint density at radius 2 is 2.33 bits per heavy atom. The summed E-state index contributed by atoms with van der Waals surface area (Å²) in [5, 5.41) is 3.80. The van der Waals surface area contributed by atoms with Crippen molar-refractivity contribution in [1.82, 2.24) is 5.43 Å². The third kappa shape index (κ3) is 4.75. The monoisotopic (exact) mass is 350 g/mol. The van der Waals surface area contributed by atoms with Crippen LogP contribution in [0.2, 0.25) is 0 Å². The molecular formula is C15H15BrN2O3. The van der Waals surface area contributed by atoms with Crippen molar-refractivity contribution < 1.29 is 13.9 Å². The molecule has 0 aliphatic heterocycles. The molecule has 0 aliphatic carbocycles. The van der Waals surface area contributed by atoms with E-state index in [-0.39, 0.29) is 12.5 Å². The van der Waals surface area contributed by atoms with Gasteiger partial charge >= 0.3 is 0 Å². The van der Waals surface area contributed by atoms with Crippen LogP contribution in [0.4, 0.5) is 0 Å². The summed E-state index contributed by atoms with van der Waals surface area (Å²) < 4.78 is 11.1. The van der Waals surface area contributed by atoms with E-state index in [0.29, 0.717) is 5.75 Å². The largest absolute Gasteiger partial charge is 0.483 e. The van der Waals surface area contributed by atoms with Crippen LogP contribution in [0.5, 0.6) is 5.75 Å². The summed E-state index contributed by atoms with van der Waals surface area (Å²) in [5.41, 5.74) is 4.35. The number of benzene rings is 1. The molecule has 110 valence electrons. The van der Waals surface area contributed by atoms with Crippen LogP contribution in [-0.2, 0) is 11.2 Å². The van der Waals surface area contributed by atoms with Crippen molar-refractivity contribution >= 4 is 28.1 Å². The molecule has 0 aliphatic rings. The molecule has 6 heteroatoms. The Hall–Kier alpha value is -2.08. The second kappa shape index (κ2) is 7.64. The molecule has 21 heavy (non-hydrogen) atoms. The molecule has 0 atom stereocenters. The van der Waals surface area contributed by atoms with Crippen LogP contribution in [0.15, 0.2) is 50.8 Å². The Morgan fingerprint density at radius 3 is 3.00 bits per heavy atom. The molecule has 1 aromatic heterocycles. The first-order valence-corrected chi connectivity index (χ1v) is 7.23. The van der Waals surface area contributed by atoms with Crippen LogP contribution in [0.3, 0.4) is 0 Å². The van der Waals surface area contributed by atoms with Crippen molar-refractivity contribution in [2.75, 3.05) is 6.61 Å². The summed E-state index contributed by atoms with van der Waals surface area (Å²) in [4.78, 5) is 11.6. The number of furan rings is 1. The normalized spacial score (nSPS) is 10.8. The molecule has 0 radical (unpaired) electrons. The van der Waals surface area contributed by atoms with E-state index in [9.17, 15) is 4.79 Å². The van der Waals surface area contributed by atoms with E-state index in [1.807, 2.05) is 18.2 Å². The number of hydrogen-bond acceptors (Lipinski definition) is 4. The average Bonchev–Trinajstić information content (AvgIpc) is 2.99. The molecule has 1 amide bonds. The third-order valence-electron chi connectivity index (χ3n) is 2.71. The van der Waals surface area contributed by atoms with Crippen LogP contribution >= 0.6 is 15.9 Å². The maximum absolute atomic E-state index is 11.6. The van der Waals surface area contributed by atoms with Gasteiger partial charge in [-0.2, -0.15) is 5.10 Å². The van der Waals surface area contributed by atoms with Crippen LogP contribution in [0, 0.1) is 0 Å². The highest BCUT2D eigenvalue weighted by Gasteiger charge is 2.05. The number of nitrogens with one attached hydrogen (secondary N) is 1. The Kier molecular flexibility index (Phi) is 5.57. The number of halogens is 1. The Balaban J connectivity index is 1.81. The van der Waals surface area contributed by atoms with Crippen molar-refractivity contribution in [3.8, 4) is 5.75 Å². The third-order valence-corrected chi connectivity index (χ3v) is 3.33. The Labute approximate surface area is 131 Å². The van der Waals surface area contributed by atoms with Gasteiger partial charge in [-0.15, -0.1) is 0 Å². The number of hydrazone groups is 1. The van der Waals surface area contributed by atoms with Crippen LogP contribution in [0.25, 0.3) is 0 Å². The average molecular weight is 351 g/mol. The minimum atomic E-state index is -0.332. The minimum absolute atomic E-state index is 0.104. The molecule has 1 aromatic carbocycles. The lowest BCUT2D eigenvalue weighted by atomic mass is 10.2. The van der Waals surface area contributed by atoms with Gasteiger partial charge in [-0.05, 0) is 46.1 Å². The van der Waals surface area contributed by atoms with E-state index < -0.39 is 0 Å². The second-order valence-electron chi connectivity index (χ2n) is 4.26. The smallest absolute Gasteiger partial charge is 0.277 e. The molecule has 0 saturated carbocycles. The van der Waals surface area contributed by atoms with Gasteiger partial charge in [-0.1, -0.05) is 13.0 Å². The lowest BCUT2D eigenvalue weighted by molar-refractivity contribution is -0.123. The molecule has 0 saturated heterocycles. The molecule has 0 fully saturated rings. The molecule has 0 bridgehead atoms. The summed E-state index contributed by atoms with van der Waals surface area (Å²) in [6.45, 7) is 1.97. The first-order chi connectivity index (χ1) is 10.2. The first-order valence-electron chi connectivity index (χ1n) is 6.44. The van der Waals surface area contributed by atoms with Crippen LogP contribution < -0.4 is 10.2 Å². The number of hydrogen-bond donors (Lipinski definition) is 1. The second-order valence-corrected chi connectivity index (χ2v) is 5.11. The van der Waals surface area contributed by atoms with Crippen molar-refractivity contribution in [2.24, 2.45) is 5.10 Å². The van der Waals surface area contributed by atoms with Gasteiger partial charge in [-0.3, -0.25) is 4.79 Å². The first kappa shape index (κ1) is 15.3. The number of rotatable bonds is 6. The quantitative estimate of drug-likeness (QED) is 0.642. The number of nitrogens with zero attached hydrogens (tertiary/aromatic N) is 1. The lowest BCUT2D eigenvalue weighted by Gasteiger charge is -2.08. The number of carbonyl (C=O) groups is 1. The highest BCUT2D eigenvalue weighted by atomic mass is 79.9. The topological polar surface area (TPSA) is 63.8 Å². The van der Waals surface area contributed by atoms with Crippen molar-refractivity contribution in [3.63, 3.8) is 0 Å². The van der Waals surface area contributed by atoms with Gasteiger partial charge in [0.05, 0.1) is 23.2 Å². The minimum Gasteiger partial charge on any atom is -0.483 e. The van der Waals surface area contributed by atoms with Gasteiger partial charge in [0, 0.05) is 5.56 Å². The van der Waals surface area contributed by atoms with Crippen molar-refractivity contribution in [3.05, 3.63) is 52.4 Å². The van der Waals surface area contributed by atoms with E-state index in [4.69, 9.17) is 9.15 Å². The molecule has 2 aromatic rings. The predicted octanol–water partition coefficient (Wildman–Crippen LogP) is 3.13. The molecular weight excluding hydrogens is 336 g/mol. The van der Waals surface area contributed by atoms with E-state index in [2.05, 4.69) is 33.4 Å². The molecule has 1 heterocycles. The Morgan fingerprint density at radius 1 is 1.48 bits per heavy atom. The van der Waals surface area contributed by atoms with Gasteiger partial charge < -0.3 is 9.15 Å². The van der Waals surface area contributed by atoms with E-state index >= 15 is 0 Å². The van der Waals surface area contributed by atoms with E-state index in [1.165, 1.54) is 24.3 Å². The number of ether oxygens (including phenoxy) is 1. The fraction of sp³-hybridized carbons (Fsp3) is 0.200. The summed E-state index contributed by atoms with van der Waals surface area (Å²) >= 11 is 3.42. The highest BCUT2D eigenvalue weighted by Crippen LogP contribution is 2.26. The van der Waals surface area contributed by atoms with E-state index in [1.54, 1.807) is 6.07 Å². The fourth-order valence-corrected chi connectivity index (χ4v) is 2.12. The predicted molar refractivity (Wildman–Crippen MR) is 83.5 cm³/mol. The number of carbonyl (C=O) groups excluding carboxylic acids is 1. The lowest BCUT2D eigenvalue weighted by Crippen LogP contribution is -2.24. The maximum Gasteiger partial charge on any atom is 0.277 e. The summed E-state index contributed by atoms with van der Waals surface area (Å²) in [5.74, 6) is 0.294. The molecule has 5 nitrogen and oxygen atoms in total. The van der Waals surface area contributed by atoms with Gasteiger partial charge in [0.1, 0.15) is 5.75 Å². The summed E-state index contributed by atoms with van der Waals surface area (Å²) in [7, 11) is 0. The van der Waals surface area contributed by atoms with Crippen LogP contribution in [0.1, 0.15) is 18.1 Å². The summed E-state index contributed by atoms with van der Waals surface area (Å²) in [6, 6.07) is 7.52. The van der Waals surface area contributed by atoms with E-state index in [0.717, 1.165) is 16.5 Å². The zero-order valence-corrected chi connectivity index (χ0v) is 13.1. The zero-order valence-electron chi connectivity index (χ0n) is 11.5. The molecule has 0 unspecified atom stereocenters. The fourth-order valence-electron chi connectivity index (χ4n) is 1.58. The van der Waals surface area contributed by atoms with Gasteiger partial charge in [0.15, 0.2) is 6.61 Å². The van der Waals surface area contributed by atoms with Crippen molar-refractivity contribution in [1.29, 1.82) is 0 Å². The number of amides is 1. The van der Waals surface area contributed by atoms with Crippen LogP contribution in [-0.4, -0.2) is 18.7 Å². The molecule has 1 N–H and O–H groups in total. The van der Waals surface area contributed by atoms with Gasteiger partial charge in [-0.25, -0.2) is 5.43 Å². The standard InChI is InChI=1S/C15H15BrN2O3/c1-2-11-3-4-14(13(16)7-11)21-10-15(19)18-17-8-12-5-6-20-9-12/h3-9H,2,10H2,1H3,(H,18,19). The molecule has 2 rings (SSSR count). The summed E-state index contributed by atoms with van der Waals surface area (Å²) in [6.07, 6.45) is 5.50. The van der Waals surface area contributed by atoms with Crippen molar-refractivity contribution in [2.45, 2.75) is 13.3 Å². The number of aryl methyl sites for hydroxylation is 1. The van der Waals surface area contributed by atoms with Gasteiger partial charge in [0.25, 0.3) is 5.91 Å². The SMILES string of the molecule is CCc1ccc(OCC(=O)NN=Cc2ccoc2)c(Br)c1. The zero-order chi connectivity index (χ0) is 15.1. The van der Waals surface area contributed by atoms with Gasteiger partial charge in [0.2, 0.25) is 0 Å². The Bertz CT molecular complexity index is 624. The maximum atomic E-state index is 11.6.